The Balaban J connectivity index is 1.63. The van der Waals surface area contributed by atoms with E-state index in [9.17, 15) is 36.7 Å². The second-order valence-corrected chi connectivity index (χ2v) is 8.18. The summed E-state index contributed by atoms with van der Waals surface area (Å²) >= 11 is 0. The quantitative estimate of drug-likeness (QED) is 0.381. The highest BCUT2D eigenvalue weighted by atomic mass is 19.2. The number of ketones is 1. The first-order valence-corrected chi connectivity index (χ1v) is 11.1. The fourth-order valence-electron chi connectivity index (χ4n) is 3.64. The van der Waals surface area contributed by atoms with Crippen molar-refractivity contribution in [3.8, 4) is 11.5 Å². The zero-order valence-electron chi connectivity index (χ0n) is 19.2. The Hall–Kier alpha value is -4.16. The van der Waals surface area contributed by atoms with Gasteiger partial charge in [0.1, 0.15) is 18.4 Å². The molecule has 0 unspecified atom stereocenters. The van der Waals surface area contributed by atoms with Crippen LogP contribution in [0.3, 0.4) is 0 Å². The second kappa shape index (κ2) is 12.2. The fraction of sp³-hybridized carbons (Fsp3) is 0.333. The van der Waals surface area contributed by atoms with Crippen LogP contribution < -0.4 is 14.8 Å². The molecule has 13 heteroatoms. The van der Waals surface area contributed by atoms with Gasteiger partial charge in [-0.2, -0.15) is 8.78 Å². The first-order valence-electron chi connectivity index (χ1n) is 11.1. The summed E-state index contributed by atoms with van der Waals surface area (Å²) < 4.78 is 64.1. The van der Waals surface area contributed by atoms with Crippen molar-refractivity contribution < 1.29 is 51.3 Å². The van der Waals surface area contributed by atoms with Gasteiger partial charge in [-0.05, 0) is 25.0 Å². The van der Waals surface area contributed by atoms with Crippen molar-refractivity contribution in [3.63, 3.8) is 0 Å². The molecular weight excluding hydrogens is 504 g/mol. The molecule has 2 N–H and O–H groups in total. The van der Waals surface area contributed by atoms with Gasteiger partial charge in [0.05, 0.1) is 12.3 Å². The molecule has 0 saturated carbocycles. The van der Waals surface area contributed by atoms with Crippen molar-refractivity contribution in [1.29, 1.82) is 0 Å². The molecule has 9 nitrogen and oxygen atoms in total. The lowest BCUT2D eigenvalue weighted by Gasteiger charge is -2.32. The number of Topliss-reactive ketones (excluding diaryl/α,β-unsaturated/α-hetero) is 1. The van der Waals surface area contributed by atoms with Crippen LogP contribution in [0.15, 0.2) is 36.4 Å². The highest BCUT2D eigenvalue weighted by Crippen LogP contribution is 2.26. The number of hydrogen-bond acceptors (Lipinski definition) is 6. The standard InChI is InChI=1S/C24H22F4N2O7/c25-15-9-16(26)21(28)22(20(15)27)36-12-18(31)17(10-19(32)33)29-23(34)13-5-4-8-30(11-13)24(35)37-14-6-2-1-3-7-14/h1-3,6-7,9,13,17H,4-5,8,10-12H2,(H,29,34)(H,32,33)/t13-,17+/m1/s1. The molecule has 1 heterocycles. The van der Waals surface area contributed by atoms with E-state index >= 15 is 0 Å². The minimum Gasteiger partial charge on any atom is -0.481 e. The fourth-order valence-corrected chi connectivity index (χ4v) is 3.64. The normalized spacial score (nSPS) is 16.0. The summed E-state index contributed by atoms with van der Waals surface area (Å²) in [6.07, 6.45) is -0.846. The van der Waals surface area contributed by atoms with E-state index in [0.717, 1.165) is 0 Å². The zero-order valence-corrected chi connectivity index (χ0v) is 19.2. The van der Waals surface area contributed by atoms with Crippen molar-refractivity contribution in [1.82, 2.24) is 10.2 Å². The molecule has 3 rings (SSSR count). The number of para-hydroxylation sites is 1. The lowest BCUT2D eigenvalue weighted by Crippen LogP contribution is -2.51. The molecule has 2 atom stereocenters. The van der Waals surface area contributed by atoms with E-state index in [0.29, 0.717) is 25.1 Å². The van der Waals surface area contributed by atoms with Crippen LogP contribution in [0.25, 0.3) is 0 Å². The smallest absolute Gasteiger partial charge is 0.415 e. The van der Waals surface area contributed by atoms with E-state index in [2.05, 4.69) is 10.1 Å². The zero-order chi connectivity index (χ0) is 27.1. The summed E-state index contributed by atoms with van der Waals surface area (Å²) in [5.41, 5.74) is 0. The Morgan fingerprint density at radius 2 is 1.70 bits per heavy atom. The van der Waals surface area contributed by atoms with Gasteiger partial charge in [-0.1, -0.05) is 18.2 Å². The van der Waals surface area contributed by atoms with E-state index < -0.39 is 77.8 Å². The van der Waals surface area contributed by atoms with Crippen molar-refractivity contribution in [2.75, 3.05) is 19.7 Å². The third kappa shape index (κ3) is 7.18. The van der Waals surface area contributed by atoms with Gasteiger partial charge >= 0.3 is 12.1 Å². The molecule has 2 amide bonds. The molecule has 2 aromatic rings. The SMILES string of the molecule is O=C(O)C[C@H](NC(=O)[C@@H]1CCCN(C(=O)Oc2ccccc2)C1)C(=O)COc1c(F)c(F)cc(F)c1F. The Bertz CT molecular complexity index is 1150. The van der Waals surface area contributed by atoms with Gasteiger partial charge in [-0.25, -0.2) is 13.6 Å². The van der Waals surface area contributed by atoms with Gasteiger partial charge in [-0.3, -0.25) is 14.4 Å². The van der Waals surface area contributed by atoms with Gasteiger partial charge in [0, 0.05) is 19.2 Å². The van der Waals surface area contributed by atoms with Gasteiger partial charge in [0.2, 0.25) is 17.5 Å². The van der Waals surface area contributed by atoms with Crippen molar-refractivity contribution in [3.05, 3.63) is 59.7 Å². The number of carbonyl (C=O) groups excluding carboxylic acids is 3. The largest absolute Gasteiger partial charge is 0.481 e. The molecule has 0 spiro atoms. The number of nitrogens with one attached hydrogen (secondary N) is 1. The second-order valence-electron chi connectivity index (χ2n) is 8.18. The maximum atomic E-state index is 13.8. The summed E-state index contributed by atoms with van der Waals surface area (Å²) in [4.78, 5) is 50.3. The maximum absolute atomic E-state index is 13.8. The molecule has 0 aliphatic carbocycles. The number of hydrogen-bond donors (Lipinski definition) is 2. The van der Waals surface area contributed by atoms with Crippen LogP contribution in [0.4, 0.5) is 22.4 Å². The predicted octanol–water partition coefficient (Wildman–Crippen LogP) is 3.06. The van der Waals surface area contributed by atoms with E-state index in [1.54, 1.807) is 30.3 Å². The minimum atomic E-state index is -1.88. The molecule has 1 saturated heterocycles. The number of halogens is 4. The molecule has 1 fully saturated rings. The summed E-state index contributed by atoms with van der Waals surface area (Å²) in [5.74, 6) is -12.6. The van der Waals surface area contributed by atoms with Crippen molar-refractivity contribution in [2.24, 2.45) is 5.92 Å². The molecule has 1 aliphatic rings. The number of benzene rings is 2. The average molecular weight is 526 g/mol. The number of piperidine rings is 1. The third-order valence-corrected chi connectivity index (χ3v) is 5.51. The number of nitrogens with zero attached hydrogens (tertiary/aromatic N) is 1. The van der Waals surface area contributed by atoms with Crippen LogP contribution in [-0.2, 0) is 14.4 Å². The van der Waals surface area contributed by atoms with Crippen LogP contribution in [0.1, 0.15) is 19.3 Å². The van der Waals surface area contributed by atoms with Crippen LogP contribution >= 0.6 is 0 Å². The molecule has 0 aromatic heterocycles. The average Bonchev–Trinajstić information content (AvgIpc) is 2.87. The number of ether oxygens (including phenoxy) is 2. The molecule has 2 aromatic carbocycles. The predicted molar refractivity (Wildman–Crippen MR) is 118 cm³/mol. The Kier molecular flexibility index (Phi) is 9.04. The number of carboxylic acid groups (broad SMARTS) is 1. The van der Waals surface area contributed by atoms with Crippen LogP contribution in [0, 0.1) is 29.2 Å². The third-order valence-electron chi connectivity index (χ3n) is 5.51. The Morgan fingerprint density at radius 1 is 1.05 bits per heavy atom. The number of aliphatic carboxylic acids is 1. The Morgan fingerprint density at radius 3 is 2.32 bits per heavy atom. The molecular formula is C24H22F4N2O7. The number of likely N-dealkylation sites (tertiary alicyclic amines) is 1. The summed E-state index contributed by atoms with van der Waals surface area (Å²) in [6, 6.07) is 6.51. The highest BCUT2D eigenvalue weighted by Gasteiger charge is 2.33. The molecule has 37 heavy (non-hydrogen) atoms. The number of amides is 2. The topological polar surface area (TPSA) is 122 Å². The van der Waals surface area contributed by atoms with Crippen LogP contribution in [-0.4, -0.2) is 59.5 Å². The lowest BCUT2D eigenvalue weighted by molar-refractivity contribution is -0.141. The van der Waals surface area contributed by atoms with Gasteiger partial charge in [-0.15, -0.1) is 0 Å². The van der Waals surface area contributed by atoms with Gasteiger partial charge < -0.3 is 24.8 Å². The maximum Gasteiger partial charge on any atom is 0.415 e. The lowest BCUT2D eigenvalue weighted by atomic mass is 9.96. The van der Waals surface area contributed by atoms with E-state index in [-0.39, 0.29) is 12.6 Å². The van der Waals surface area contributed by atoms with E-state index in [1.165, 1.54) is 4.90 Å². The number of carbonyl (C=O) groups is 4. The highest BCUT2D eigenvalue weighted by molar-refractivity contribution is 5.93. The summed E-state index contributed by atoms with van der Waals surface area (Å²) in [5, 5.41) is 11.4. The number of carboxylic acids is 1. The molecule has 0 bridgehead atoms. The summed E-state index contributed by atoms with van der Waals surface area (Å²) in [7, 11) is 0. The van der Waals surface area contributed by atoms with Gasteiger partial charge in [0.15, 0.2) is 23.2 Å². The Labute approximate surface area is 208 Å². The molecule has 1 aliphatic heterocycles. The van der Waals surface area contributed by atoms with E-state index in [1.807, 2.05) is 0 Å². The first kappa shape index (κ1) is 27.4. The first-order chi connectivity index (χ1) is 17.6. The number of rotatable bonds is 9. The van der Waals surface area contributed by atoms with E-state index in [4.69, 9.17) is 9.84 Å². The van der Waals surface area contributed by atoms with Crippen LogP contribution in [0.5, 0.6) is 11.5 Å². The van der Waals surface area contributed by atoms with Crippen molar-refractivity contribution in [2.45, 2.75) is 25.3 Å². The molecule has 198 valence electrons. The summed E-state index contributed by atoms with van der Waals surface area (Å²) in [6.45, 7) is -0.946. The van der Waals surface area contributed by atoms with Gasteiger partial charge in [0.25, 0.3) is 0 Å². The van der Waals surface area contributed by atoms with Crippen LogP contribution in [0.2, 0.25) is 0 Å². The molecule has 0 radical (unpaired) electrons. The minimum absolute atomic E-state index is 0.0457. The monoisotopic (exact) mass is 526 g/mol. The van der Waals surface area contributed by atoms with Crippen molar-refractivity contribution >= 4 is 23.8 Å².